The number of rotatable bonds is 2. The highest BCUT2D eigenvalue weighted by atomic mass is 79.9. The van der Waals surface area contributed by atoms with Crippen molar-refractivity contribution in [2.75, 3.05) is 0 Å². The Hall–Kier alpha value is -1.06. The van der Waals surface area contributed by atoms with Gasteiger partial charge in [0.15, 0.2) is 0 Å². The third-order valence-corrected chi connectivity index (χ3v) is 5.14. The Morgan fingerprint density at radius 2 is 2.06 bits per heavy atom. The molecule has 3 rings (SSSR count). The van der Waals surface area contributed by atoms with Crippen LogP contribution >= 0.6 is 27.3 Å². The minimum absolute atomic E-state index is 0.0349. The number of aromatic amines is 1. The zero-order valence-corrected chi connectivity index (χ0v) is 12.7. The Balaban J connectivity index is 2.23. The summed E-state index contributed by atoms with van der Waals surface area (Å²) in [6.45, 7) is 4.56. The molecule has 1 N–H and O–H groups in total. The van der Waals surface area contributed by atoms with Crippen LogP contribution < -0.4 is 0 Å². The fourth-order valence-corrected chi connectivity index (χ4v) is 3.60. The zero-order chi connectivity index (χ0) is 12.8. The van der Waals surface area contributed by atoms with Gasteiger partial charge in [-0.2, -0.15) is 0 Å². The smallest absolute Gasteiger partial charge is 0.0457 e. The van der Waals surface area contributed by atoms with Crippen molar-refractivity contribution in [3.63, 3.8) is 0 Å². The van der Waals surface area contributed by atoms with E-state index in [2.05, 4.69) is 76.7 Å². The molecule has 0 aliphatic carbocycles. The SMILES string of the molecule is CC(C)(c1cccs1)c1c[nH]c2ccc(Br)cc12. The molecule has 3 heteroatoms. The first-order chi connectivity index (χ1) is 8.59. The van der Waals surface area contributed by atoms with Crippen molar-refractivity contribution >= 4 is 38.2 Å². The molecule has 0 aliphatic rings. The van der Waals surface area contributed by atoms with E-state index in [1.165, 1.54) is 21.3 Å². The number of halogens is 1. The summed E-state index contributed by atoms with van der Waals surface area (Å²) >= 11 is 5.37. The second kappa shape index (κ2) is 4.25. The molecule has 0 saturated heterocycles. The van der Waals surface area contributed by atoms with Crippen molar-refractivity contribution in [1.82, 2.24) is 4.98 Å². The highest BCUT2D eigenvalue weighted by Gasteiger charge is 2.27. The molecule has 0 fully saturated rings. The average Bonchev–Trinajstić information content (AvgIpc) is 2.97. The summed E-state index contributed by atoms with van der Waals surface area (Å²) in [6, 6.07) is 10.7. The van der Waals surface area contributed by atoms with Gasteiger partial charge in [-0.25, -0.2) is 0 Å². The second-order valence-corrected chi connectivity index (χ2v) is 6.86. The number of hydrogen-bond donors (Lipinski definition) is 1. The highest BCUT2D eigenvalue weighted by molar-refractivity contribution is 9.10. The van der Waals surface area contributed by atoms with E-state index in [1.807, 2.05) is 11.3 Å². The van der Waals surface area contributed by atoms with Crippen molar-refractivity contribution in [1.29, 1.82) is 0 Å². The van der Waals surface area contributed by atoms with E-state index in [9.17, 15) is 0 Å². The molecule has 0 radical (unpaired) electrons. The Morgan fingerprint density at radius 1 is 1.22 bits per heavy atom. The van der Waals surface area contributed by atoms with Gasteiger partial charge >= 0.3 is 0 Å². The van der Waals surface area contributed by atoms with Gasteiger partial charge in [-0.05, 0) is 35.2 Å². The monoisotopic (exact) mass is 319 g/mol. The highest BCUT2D eigenvalue weighted by Crippen LogP contribution is 2.38. The maximum atomic E-state index is 3.56. The number of nitrogens with one attached hydrogen (secondary N) is 1. The lowest BCUT2D eigenvalue weighted by atomic mass is 9.83. The van der Waals surface area contributed by atoms with Crippen LogP contribution in [0.15, 0.2) is 46.4 Å². The van der Waals surface area contributed by atoms with Gasteiger partial charge in [-0.3, -0.25) is 0 Å². The fourth-order valence-electron chi connectivity index (χ4n) is 2.38. The Labute approximate surface area is 119 Å². The van der Waals surface area contributed by atoms with E-state index >= 15 is 0 Å². The first kappa shape index (κ1) is 12.0. The first-order valence-corrected chi connectivity index (χ1v) is 7.57. The van der Waals surface area contributed by atoms with E-state index in [-0.39, 0.29) is 5.41 Å². The van der Waals surface area contributed by atoms with Crippen molar-refractivity contribution < 1.29 is 0 Å². The summed E-state index contributed by atoms with van der Waals surface area (Å²) in [6.07, 6.45) is 2.14. The summed E-state index contributed by atoms with van der Waals surface area (Å²) in [5.41, 5.74) is 2.58. The minimum atomic E-state index is 0.0349. The van der Waals surface area contributed by atoms with E-state index in [0.29, 0.717) is 0 Å². The van der Waals surface area contributed by atoms with Gasteiger partial charge in [0.25, 0.3) is 0 Å². The van der Waals surface area contributed by atoms with Crippen molar-refractivity contribution in [3.8, 4) is 0 Å². The summed E-state index contributed by atoms with van der Waals surface area (Å²) in [5.74, 6) is 0. The van der Waals surface area contributed by atoms with Crippen LogP contribution in [0.25, 0.3) is 10.9 Å². The second-order valence-electron chi connectivity index (χ2n) is 4.99. The molecule has 2 aromatic heterocycles. The van der Waals surface area contributed by atoms with Gasteiger partial charge < -0.3 is 4.98 Å². The number of hydrogen-bond acceptors (Lipinski definition) is 1. The molecule has 1 aromatic carbocycles. The molecule has 92 valence electrons. The molecular formula is C15H14BrNS. The molecule has 0 saturated carbocycles. The maximum absolute atomic E-state index is 3.56. The van der Waals surface area contributed by atoms with Crippen LogP contribution in [0, 0.1) is 0 Å². The molecule has 0 spiro atoms. The van der Waals surface area contributed by atoms with E-state index in [1.54, 1.807) is 0 Å². The molecule has 2 heterocycles. The van der Waals surface area contributed by atoms with Gasteiger partial charge in [0, 0.05) is 31.9 Å². The predicted molar refractivity (Wildman–Crippen MR) is 82.4 cm³/mol. The quantitative estimate of drug-likeness (QED) is 0.658. The Bertz CT molecular complexity index is 680. The van der Waals surface area contributed by atoms with Crippen molar-refractivity contribution in [2.45, 2.75) is 19.3 Å². The van der Waals surface area contributed by atoms with Crippen molar-refractivity contribution in [3.05, 3.63) is 56.8 Å². The Morgan fingerprint density at radius 3 is 2.78 bits per heavy atom. The fraction of sp³-hybridized carbons (Fsp3) is 0.200. The number of benzene rings is 1. The number of fused-ring (bicyclic) bond motifs is 1. The molecule has 18 heavy (non-hydrogen) atoms. The van der Waals surface area contributed by atoms with Gasteiger partial charge in [-0.15, -0.1) is 11.3 Å². The Kier molecular flexibility index (Phi) is 2.83. The zero-order valence-electron chi connectivity index (χ0n) is 10.3. The van der Waals surface area contributed by atoms with Crippen LogP contribution in [-0.2, 0) is 5.41 Å². The molecular weight excluding hydrogens is 306 g/mol. The minimum Gasteiger partial charge on any atom is -0.361 e. The summed E-state index contributed by atoms with van der Waals surface area (Å²) < 4.78 is 1.12. The summed E-state index contributed by atoms with van der Waals surface area (Å²) in [5, 5.41) is 3.43. The third kappa shape index (κ3) is 1.82. The van der Waals surface area contributed by atoms with E-state index in [4.69, 9.17) is 0 Å². The molecule has 1 nitrogen and oxygen atoms in total. The largest absolute Gasteiger partial charge is 0.361 e. The lowest BCUT2D eigenvalue weighted by Crippen LogP contribution is -2.16. The molecule has 0 amide bonds. The first-order valence-electron chi connectivity index (χ1n) is 5.90. The van der Waals surface area contributed by atoms with Gasteiger partial charge in [-0.1, -0.05) is 35.8 Å². The van der Waals surface area contributed by atoms with E-state index in [0.717, 1.165) is 4.47 Å². The van der Waals surface area contributed by atoms with Crippen LogP contribution in [0.5, 0.6) is 0 Å². The van der Waals surface area contributed by atoms with Gasteiger partial charge in [0.05, 0.1) is 0 Å². The van der Waals surface area contributed by atoms with Gasteiger partial charge in [0.2, 0.25) is 0 Å². The summed E-state index contributed by atoms with van der Waals surface area (Å²) in [4.78, 5) is 4.76. The molecule has 0 atom stereocenters. The van der Waals surface area contributed by atoms with Crippen LogP contribution in [-0.4, -0.2) is 4.98 Å². The number of aromatic nitrogens is 1. The molecule has 0 unspecified atom stereocenters. The normalized spacial score (nSPS) is 12.2. The average molecular weight is 320 g/mol. The standard InChI is InChI=1S/C15H14BrNS/c1-15(2,14-4-3-7-18-14)12-9-17-13-6-5-10(16)8-11(12)13/h3-9,17H,1-2H3. The van der Waals surface area contributed by atoms with Crippen LogP contribution in [0.3, 0.4) is 0 Å². The lowest BCUT2D eigenvalue weighted by molar-refractivity contribution is 0.662. The van der Waals surface area contributed by atoms with E-state index < -0.39 is 0 Å². The number of thiophene rings is 1. The van der Waals surface area contributed by atoms with Crippen LogP contribution in [0.2, 0.25) is 0 Å². The third-order valence-electron chi connectivity index (χ3n) is 3.45. The molecule has 3 aromatic rings. The van der Waals surface area contributed by atoms with Gasteiger partial charge in [0.1, 0.15) is 0 Å². The maximum Gasteiger partial charge on any atom is 0.0457 e. The predicted octanol–water partition coefficient (Wildman–Crippen LogP) is 5.32. The molecule has 0 aliphatic heterocycles. The van der Waals surface area contributed by atoms with Crippen molar-refractivity contribution in [2.24, 2.45) is 0 Å². The van der Waals surface area contributed by atoms with Crippen LogP contribution in [0.1, 0.15) is 24.3 Å². The topological polar surface area (TPSA) is 15.8 Å². The summed E-state index contributed by atoms with van der Waals surface area (Å²) in [7, 11) is 0. The molecule has 0 bridgehead atoms. The van der Waals surface area contributed by atoms with Crippen LogP contribution in [0.4, 0.5) is 0 Å². The lowest BCUT2D eigenvalue weighted by Gasteiger charge is -2.23. The number of H-pyrrole nitrogens is 1.